The van der Waals surface area contributed by atoms with Crippen LogP contribution in [0.2, 0.25) is 5.02 Å². The largest absolute Gasteiger partial charge is 0.443 e. The van der Waals surface area contributed by atoms with Crippen molar-refractivity contribution < 1.29 is 18.7 Å². The van der Waals surface area contributed by atoms with Gasteiger partial charge in [0.25, 0.3) is 0 Å². The third kappa shape index (κ3) is 4.63. The molecule has 1 saturated carbocycles. The SMILES string of the molecule is COCc1cn2c(Nc3cc([C@@H]4CC[C@H](OC(=O)NC(C)C)[C@H]4F)[nH]n3)ncc(Cl)c2n1. The van der Waals surface area contributed by atoms with Gasteiger partial charge in [-0.2, -0.15) is 5.10 Å². The van der Waals surface area contributed by atoms with Gasteiger partial charge in [-0.15, -0.1) is 0 Å². The van der Waals surface area contributed by atoms with Gasteiger partial charge in [0.15, 0.2) is 11.5 Å². The summed E-state index contributed by atoms with van der Waals surface area (Å²) in [5.74, 6) is 0.467. The zero-order chi connectivity index (χ0) is 22.8. The van der Waals surface area contributed by atoms with Gasteiger partial charge < -0.3 is 20.1 Å². The molecule has 0 aliphatic heterocycles. The van der Waals surface area contributed by atoms with Gasteiger partial charge in [0.05, 0.1) is 18.5 Å². The van der Waals surface area contributed by atoms with E-state index in [2.05, 4.69) is 30.8 Å². The van der Waals surface area contributed by atoms with Crippen LogP contribution in [-0.2, 0) is 16.1 Å². The molecule has 3 aromatic heterocycles. The molecular formula is C20H25ClFN7O3. The summed E-state index contributed by atoms with van der Waals surface area (Å²) < 4.78 is 27.1. The van der Waals surface area contributed by atoms with Gasteiger partial charge in [0.1, 0.15) is 17.3 Å². The highest BCUT2D eigenvalue weighted by Crippen LogP contribution is 2.38. The second kappa shape index (κ2) is 9.29. The molecule has 12 heteroatoms. The van der Waals surface area contributed by atoms with Crippen molar-refractivity contribution in [2.45, 2.75) is 57.5 Å². The number of hydrogen-bond acceptors (Lipinski definition) is 7. The average Bonchev–Trinajstić information content (AvgIpc) is 3.44. The molecule has 0 spiro atoms. The third-order valence-corrected chi connectivity index (χ3v) is 5.46. The number of nitrogens with zero attached hydrogens (tertiary/aromatic N) is 4. The average molecular weight is 466 g/mol. The molecule has 1 fully saturated rings. The number of alkyl carbamates (subject to hydrolysis) is 1. The summed E-state index contributed by atoms with van der Waals surface area (Å²) in [5.41, 5.74) is 1.85. The lowest BCUT2D eigenvalue weighted by molar-refractivity contribution is 0.0555. The molecule has 172 valence electrons. The molecule has 3 aromatic rings. The quantitative estimate of drug-likeness (QED) is 0.486. The van der Waals surface area contributed by atoms with Gasteiger partial charge in [-0.25, -0.2) is 19.2 Å². The van der Waals surface area contributed by atoms with Crippen LogP contribution in [0, 0.1) is 0 Å². The number of rotatable bonds is 7. The number of nitrogens with one attached hydrogen (secondary N) is 3. The first-order valence-electron chi connectivity index (χ1n) is 10.3. The van der Waals surface area contributed by atoms with Gasteiger partial charge in [-0.3, -0.25) is 9.50 Å². The number of methoxy groups -OCH3 is 1. The van der Waals surface area contributed by atoms with E-state index < -0.39 is 24.3 Å². The zero-order valence-electron chi connectivity index (χ0n) is 17.9. The Labute approximate surface area is 188 Å². The normalized spacial score (nSPS) is 20.8. The van der Waals surface area contributed by atoms with Crippen molar-refractivity contribution in [1.29, 1.82) is 0 Å². The van der Waals surface area contributed by atoms with Crippen LogP contribution in [0.1, 0.15) is 44.0 Å². The van der Waals surface area contributed by atoms with Crippen molar-refractivity contribution in [1.82, 2.24) is 29.9 Å². The van der Waals surface area contributed by atoms with Crippen molar-refractivity contribution in [3.8, 4) is 0 Å². The van der Waals surface area contributed by atoms with Crippen molar-refractivity contribution in [3.63, 3.8) is 0 Å². The van der Waals surface area contributed by atoms with Crippen LogP contribution in [0.25, 0.3) is 5.65 Å². The lowest BCUT2D eigenvalue weighted by Gasteiger charge is -2.18. The van der Waals surface area contributed by atoms with Crippen molar-refractivity contribution in [2.24, 2.45) is 0 Å². The topological polar surface area (TPSA) is 118 Å². The molecule has 0 radical (unpaired) electrons. The molecule has 0 aromatic carbocycles. The van der Waals surface area contributed by atoms with E-state index in [4.69, 9.17) is 21.1 Å². The maximum Gasteiger partial charge on any atom is 0.407 e. The molecule has 3 heterocycles. The molecule has 0 saturated heterocycles. The smallest absolute Gasteiger partial charge is 0.407 e. The fraction of sp³-hybridized carbons (Fsp3) is 0.500. The number of aromatic amines is 1. The second-order valence-corrected chi connectivity index (χ2v) is 8.40. The Hall–Kier alpha value is -2.92. The summed E-state index contributed by atoms with van der Waals surface area (Å²) in [6.45, 7) is 3.97. The van der Waals surface area contributed by atoms with Gasteiger partial charge in [0.2, 0.25) is 5.95 Å². The van der Waals surface area contributed by atoms with Crippen LogP contribution in [0.3, 0.4) is 0 Å². The van der Waals surface area contributed by atoms with Crippen LogP contribution in [0.5, 0.6) is 0 Å². The van der Waals surface area contributed by atoms with E-state index in [1.54, 1.807) is 23.8 Å². The molecule has 1 aliphatic carbocycles. The van der Waals surface area contributed by atoms with E-state index in [0.717, 1.165) is 0 Å². The lowest BCUT2D eigenvalue weighted by Crippen LogP contribution is -2.36. The summed E-state index contributed by atoms with van der Waals surface area (Å²) in [4.78, 5) is 20.6. The number of carbonyl (C=O) groups excluding carboxylic acids is 1. The second-order valence-electron chi connectivity index (χ2n) is 7.99. The predicted octanol–water partition coefficient (Wildman–Crippen LogP) is 3.71. The highest BCUT2D eigenvalue weighted by molar-refractivity contribution is 6.33. The minimum atomic E-state index is -1.33. The molecular weight excluding hydrogens is 441 g/mol. The fourth-order valence-electron chi connectivity index (χ4n) is 3.79. The Morgan fingerprint density at radius 1 is 1.44 bits per heavy atom. The first kappa shape index (κ1) is 22.3. The monoisotopic (exact) mass is 465 g/mol. The molecule has 10 nitrogen and oxygen atoms in total. The summed E-state index contributed by atoms with van der Waals surface area (Å²) in [5, 5.41) is 13.2. The number of anilines is 2. The number of alkyl halides is 1. The van der Waals surface area contributed by atoms with Crippen molar-refractivity contribution in [2.75, 3.05) is 12.4 Å². The zero-order valence-corrected chi connectivity index (χ0v) is 18.7. The molecule has 1 amide bonds. The van der Waals surface area contributed by atoms with E-state index in [-0.39, 0.29) is 6.04 Å². The van der Waals surface area contributed by atoms with Crippen LogP contribution < -0.4 is 10.6 Å². The highest BCUT2D eigenvalue weighted by atomic mass is 35.5. The summed E-state index contributed by atoms with van der Waals surface area (Å²) in [7, 11) is 1.59. The Balaban J connectivity index is 1.47. The summed E-state index contributed by atoms with van der Waals surface area (Å²) in [6, 6.07) is 1.65. The molecule has 3 atom stereocenters. The number of hydrogen-bond donors (Lipinski definition) is 3. The fourth-order valence-corrected chi connectivity index (χ4v) is 3.97. The molecule has 1 aliphatic rings. The molecule has 4 rings (SSSR count). The maximum atomic E-state index is 15.0. The summed E-state index contributed by atoms with van der Waals surface area (Å²) >= 11 is 6.21. The number of amides is 1. The Morgan fingerprint density at radius 2 is 2.25 bits per heavy atom. The van der Waals surface area contributed by atoms with E-state index in [0.29, 0.717) is 53.3 Å². The van der Waals surface area contributed by atoms with Gasteiger partial charge in [0, 0.05) is 37.0 Å². The number of fused-ring (bicyclic) bond motifs is 1. The standard InChI is InChI=1S/C20H25ClFN7O3/c1-10(2)24-20(30)32-15-5-4-12(17(15)22)14-6-16(28-27-14)26-19-23-7-13(21)18-25-11(9-31-3)8-29(18)19/h6-8,10,12,15,17H,4-5,9H2,1-3H3,(H,24,30)(H2,23,26,27,28)/t12-,15-,17-/m0/s1. The van der Waals surface area contributed by atoms with Gasteiger partial charge >= 0.3 is 6.09 Å². The third-order valence-electron chi connectivity index (χ3n) is 5.19. The first-order chi connectivity index (χ1) is 15.4. The van der Waals surface area contributed by atoms with Crippen LogP contribution in [0.15, 0.2) is 18.5 Å². The predicted molar refractivity (Wildman–Crippen MR) is 116 cm³/mol. The number of H-pyrrole nitrogens is 1. The van der Waals surface area contributed by atoms with E-state index >= 15 is 0 Å². The van der Waals surface area contributed by atoms with E-state index in [1.807, 2.05) is 13.8 Å². The molecule has 3 N–H and O–H groups in total. The number of ether oxygens (including phenoxy) is 2. The number of aromatic nitrogens is 5. The minimum absolute atomic E-state index is 0.0759. The Kier molecular flexibility index (Phi) is 6.47. The number of halogens is 2. The van der Waals surface area contributed by atoms with E-state index in [1.165, 1.54) is 6.20 Å². The summed E-state index contributed by atoms with van der Waals surface area (Å²) in [6.07, 6.45) is 1.52. The minimum Gasteiger partial charge on any atom is -0.443 e. The number of imidazole rings is 1. The Bertz CT molecular complexity index is 1100. The first-order valence-corrected chi connectivity index (χ1v) is 10.7. The van der Waals surface area contributed by atoms with Gasteiger partial charge in [-0.1, -0.05) is 11.6 Å². The molecule has 0 bridgehead atoms. The van der Waals surface area contributed by atoms with E-state index in [9.17, 15) is 9.18 Å². The Morgan fingerprint density at radius 3 is 3.00 bits per heavy atom. The van der Waals surface area contributed by atoms with Crippen molar-refractivity contribution >= 4 is 35.1 Å². The lowest BCUT2D eigenvalue weighted by atomic mass is 10.0. The van der Waals surface area contributed by atoms with Crippen LogP contribution >= 0.6 is 11.6 Å². The molecule has 32 heavy (non-hydrogen) atoms. The number of carbonyl (C=O) groups is 1. The van der Waals surface area contributed by atoms with Crippen LogP contribution in [0.4, 0.5) is 21.0 Å². The maximum absolute atomic E-state index is 15.0. The van der Waals surface area contributed by atoms with Crippen LogP contribution in [-0.4, -0.2) is 56.1 Å². The highest BCUT2D eigenvalue weighted by Gasteiger charge is 2.40. The molecule has 0 unspecified atom stereocenters. The van der Waals surface area contributed by atoms with Gasteiger partial charge in [-0.05, 0) is 26.7 Å². The van der Waals surface area contributed by atoms with Crippen molar-refractivity contribution in [3.05, 3.63) is 34.9 Å².